The van der Waals surface area contributed by atoms with Crippen molar-refractivity contribution in [3.8, 4) is 5.75 Å². The molecule has 25 heavy (non-hydrogen) atoms. The van der Waals surface area contributed by atoms with Crippen LogP contribution in [0.5, 0.6) is 5.75 Å². The Labute approximate surface area is 149 Å². The van der Waals surface area contributed by atoms with Gasteiger partial charge in [-0.3, -0.25) is 4.79 Å². The van der Waals surface area contributed by atoms with Crippen LogP contribution in [0.1, 0.15) is 0 Å². The molecule has 0 bridgehead atoms. The van der Waals surface area contributed by atoms with Gasteiger partial charge in [0, 0.05) is 0 Å². The molecule has 6 nitrogen and oxygen atoms in total. The van der Waals surface area contributed by atoms with Crippen molar-refractivity contribution in [1.29, 1.82) is 0 Å². The van der Waals surface area contributed by atoms with Crippen molar-refractivity contribution in [1.82, 2.24) is 10.2 Å². The summed E-state index contributed by atoms with van der Waals surface area (Å²) in [5.74, 6) is 1.17. The van der Waals surface area contributed by atoms with Gasteiger partial charge in [-0.15, -0.1) is 10.2 Å². The summed E-state index contributed by atoms with van der Waals surface area (Å²) >= 11 is 6.08. The molecular weight excluding hydrogens is 340 g/mol. The molecule has 0 saturated heterocycles. The molecule has 0 radical (unpaired) electrons. The highest BCUT2D eigenvalue weighted by molar-refractivity contribution is 6.33. The van der Waals surface area contributed by atoms with Gasteiger partial charge in [0.15, 0.2) is 18.2 Å². The van der Waals surface area contributed by atoms with Crippen LogP contribution in [0.3, 0.4) is 0 Å². The highest BCUT2D eigenvalue weighted by Crippen LogP contribution is 2.23. The Bertz CT molecular complexity index is 841. The average Bonchev–Trinajstić information content (AvgIpc) is 2.64. The fraction of sp³-hybridized carbons (Fsp3) is 0.0556. The molecule has 0 unspecified atom stereocenters. The molecule has 2 aromatic carbocycles. The summed E-state index contributed by atoms with van der Waals surface area (Å²) < 4.78 is 5.37. The summed E-state index contributed by atoms with van der Waals surface area (Å²) in [6.07, 6.45) is 0. The fourth-order valence-electron chi connectivity index (χ4n) is 2.01. The molecule has 0 atom stereocenters. The Hall–Kier alpha value is -3.12. The average molecular weight is 355 g/mol. The van der Waals surface area contributed by atoms with Crippen LogP contribution in [-0.2, 0) is 4.79 Å². The third kappa shape index (κ3) is 4.92. The third-order valence-corrected chi connectivity index (χ3v) is 3.51. The Morgan fingerprint density at radius 2 is 1.60 bits per heavy atom. The molecule has 0 aliphatic carbocycles. The molecule has 3 rings (SSSR count). The lowest BCUT2D eigenvalue weighted by Gasteiger charge is -2.08. The van der Waals surface area contributed by atoms with Crippen molar-refractivity contribution < 1.29 is 9.53 Å². The molecular formula is C18H15ClN4O2. The fourth-order valence-corrected chi connectivity index (χ4v) is 2.19. The number of nitrogens with zero attached hydrogens (tertiary/aromatic N) is 2. The van der Waals surface area contributed by atoms with Gasteiger partial charge in [-0.05, 0) is 36.4 Å². The lowest BCUT2D eigenvalue weighted by atomic mass is 10.3. The van der Waals surface area contributed by atoms with E-state index in [4.69, 9.17) is 16.3 Å². The molecule has 3 aromatic rings. The summed E-state index contributed by atoms with van der Waals surface area (Å²) in [4.78, 5) is 11.9. The molecule has 0 saturated carbocycles. The van der Waals surface area contributed by atoms with E-state index in [1.54, 1.807) is 30.3 Å². The number of ether oxygens (including phenoxy) is 1. The van der Waals surface area contributed by atoms with Gasteiger partial charge in [-0.25, -0.2) is 0 Å². The zero-order valence-corrected chi connectivity index (χ0v) is 13.9. The standard InChI is InChI=1S/C18H15ClN4O2/c19-14-8-4-5-9-15(14)20-16-10-11-17(23-22-16)21-18(24)12-25-13-6-2-1-3-7-13/h1-11H,12H2,(H,20,22)(H,21,23,24). The van der Waals surface area contributed by atoms with E-state index in [1.807, 2.05) is 36.4 Å². The number of carbonyl (C=O) groups is 1. The van der Waals surface area contributed by atoms with Gasteiger partial charge in [-0.1, -0.05) is 41.9 Å². The molecule has 2 N–H and O–H groups in total. The Kier molecular flexibility index (Phi) is 5.43. The zero-order chi connectivity index (χ0) is 17.5. The smallest absolute Gasteiger partial charge is 0.263 e. The van der Waals surface area contributed by atoms with Crippen LogP contribution in [0.4, 0.5) is 17.3 Å². The Morgan fingerprint density at radius 1 is 0.920 bits per heavy atom. The van der Waals surface area contributed by atoms with E-state index >= 15 is 0 Å². The van der Waals surface area contributed by atoms with E-state index in [-0.39, 0.29) is 12.5 Å². The second kappa shape index (κ2) is 8.12. The molecule has 0 spiro atoms. The number of anilines is 3. The molecule has 0 aliphatic rings. The van der Waals surface area contributed by atoms with E-state index in [1.165, 1.54) is 0 Å². The summed E-state index contributed by atoms with van der Waals surface area (Å²) in [5.41, 5.74) is 0.728. The van der Waals surface area contributed by atoms with Gasteiger partial charge < -0.3 is 15.4 Å². The minimum Gasteiger partial charge on any atom is -0.484 e. The molecule has 1 aromatic heterocycles. The topological polar surface area (TPSA) is 76.1 Å². The SMILES string of the molecule is O=C(COc1ccccc1)Nc1ccc(Nc2ccccc2Cl)nn1. The molecule has 1 heterocycles. The maximum Gasteiger partial charge on any atom is 0.263 e. The Morgan fingerprint density at radius 3 is 2.32 bits per heavy atom. The van der Waals surface area contributed by atoms with E-state index in [0.717, 1.165) is 5.69 Å². The number of rotatable bonds is 6. The van der Waals surface area contributed by atoms with Crippen LogP contribution in [0.15, 0.2) is 66.7 Å². The van der Waals surface area contributed by atoms with E-state index < -0.39 is 0 Å². The van der Waals surface area contributed by atoms with Crippen molar-refractivity contribution in [2.45, 2.75) is 0 Å². The van der Waals surface area contributed by atoms with Gasteiger partial charge in [0.05, 0.1) is 10.7 Å². The van der Waals surface area contributed by atoms with Crippen LogP contribution in [0.25, 0.3) is 0 Å². The first-order valence-electron chi connectivity index (χ1n) is 7.54. The first-order valence-corrected chi connectivity index (χ1v) is 7.91. The van der Waals surface area contributed by atoms with E-state index in [9.17, 15) is 4.79 Å². The number of hydrogen-bond acceptors (Lipinski definition) is 5. The van der Waals surface area contributed by atoms with E-state index in [0.29, 0.717) is 22.4 Å². The number of hydrogen-bond donors (Lipinski definition) is 2. The van der Waals surface area contributed by atoms with Crippen molar-refractivity contribution >= 4 is 34.8 Å². The van der Waals surface area contributed by atoms with Crippen LogP contribution in [0, 0.1) is 0 Å². The predicted octanol–water partition coefficient (Wildman–Crippen LogP) is 3.89. The minimum atomic E-state index is -0.315. The lowest BCUT2D eigenvalue weighted by Crippen LogP contribution is -2.21. The maximum absolute atomic E-state index is 11.9. The van der Waals surface area contributed by atoms with Crippen LogP contribution < -0.4 is 15.4 Å². The number of para-hydroxylation sites is 2. The summed E-state index contributed by atoms with van der Waals surface area (Å²) in [6, 6.07) is 19.8. The van der Waals surface area contributed by atoms with Gasteiger partial charge in [0.2, 0.25) is 0 Å². The van der Waals surface area contributed by atoms with E-state index in [2.05, 4.69) is 20.8 Å². The van der Waals surface area contributed by atoms with Gasteiger partial charge in [0.25, 0.3) is 5.91 Å². The second-order valence-corrected chi connectivity index (χ2v) is 5.47. The first kappa shape index (κ1) is 16.7. The quantitative estimate of drug-likeness (QED) is 0.702. The number of amides is 1. The van der Waals surface area contributed by atoms with Gasteiger partial charge >= 0.3 is 0 Å². The maximum atomic E-state index is 11.9. The van der Waals surface area contributed by atoms with Gasteiger partial charge in [0.1, 0.15) is 5.75 Å². The van der Waals surface area contributed by atoms with Crippen LogP contribution >= 0.6 is 11.6 Å². The zero-order valence-electron chi connectivity index (χ0n) is 13.1. The lowest BCUT2D eigenvalue weighted by molar-refractivity contribution is -0.118. The minimum absolute atomic E-state index is 0.106. The largest absolute Gasteiger partial charge is 0.484 e. The summed E-state index contributed by atoms with van der Waals surface area (Å²) in [6.45, 7) is -0.106. The molecule has 7 heteroatoms. The highest BCUT2D eigenvalue weighted by Gasteiger charge is 2.06. The number of carbonyl (C=O) groups excluding carboxylic acids is 1. The van der Waals surface area contributed by atoms with Crippen molar-refractivity contribution in [2.24, 2.45) is 0 Å². The molecule has 1 amide bonds. The van der Waals surface area contributed by atoms with Crippen molar-refractivity contribution in [3.05, 3.63) is 71.8 Å². The second-order valence-electron chi connectivity index (χ2n) is 5.06. The highest BCUT2D eigenvalue weighted by atomic mass is 35.5. The predicted molar refractivity (Wildman–Crippen MR) is 97.3 cm³/mol. The van der Waals surface area contributed by atoms with Crippen LogP contribution in [-0.4, -0.2) is 22.7 Å². The number of benzene rings is 2. The van der Waals surface area contributed by atoms with Gasteiger partial charge in [-0.2, -0.15) is 0 Å². The van der Waals surface area contributed by atoms with Crippen molar-refractivity contribution in [3.63, 3.8) is 0 Å². The molecule has 0 aliphatic heterocycles. The molecule has 126 valence electrons. The normalized spacial score (nSPS) is 10.1. The number of nitrogens with one attached hydrogen (secondary N) is 2. The molecule has 0 fully saturated rings. The number of aromatic nitrogens is 2. The monoisotopic (exact) mass is 354 g/mol. The number of halogens is 1. The Balaban J connectivity index is 1.53. The van der Waals surface area contributed by atoms with Crippen LogP contribution in [0.2, 0.25) is 5.02 Å². The third-order valence-electron chi connectivity index (χ3n) is 3.18. The van der Waals surface area contributed by atoms with Crippen molar-refractivity contribution in [2.75, 3.05) is 17.2 Å². The first-order chi connectivity index (χ1) is 12.2. The summed E-state index contributed by atoms with van der Waals surface area (Å²) in [5, 5.41) is 14.2. The summed E-state index contributed by atoms with van der Waals surface area (Å²) in [7, 11) is 0.